The molecule has 2 saturated carbocycles. The van der Waals surface area contributed by atoms with E-state index in [1.807, 2.05) is 17.8 Å². The molecular formula is C23H36O3S. The van der Waals surface area contributed by atoms with Gasteiger partial charge in [0, 0.05) is 22.6 Å². The lowest BCUT2D eigenvalue weighted by molar-refractivity contribution is -0.158. The van der Waals surface area contributed by atoms with E-state index < -0.39 is 5.60 Å². The van der Waals surface area contributed by atoms with Crippen molar-refractivity contribution in [2.24, 2.45) is 22.7 Å². The number of aliphatic hydroxyl groups is 1. The summed E-state index contributed by atoms with van der Waals surface area (Å²) in [6, 6.07) is 6.03. The van der Waals surface area contributed by atoms with Crippen LogP contribution < -0.4 is 9.47 Å². The van der Waals surface area contributed by atoms with Gasteiger partial charge in [0.1, 0.15) is 11.5 Å². The first-order valence-corrected chi connectivity index (χ1v) is 11.2. The number of hydrogen-bond donors (Lipinski definition) is 1. The Balaban J connectivity index is 1.85. The van der Waals surface area contributed by atoms with Crippen molar-refractivity contribution in [2.45, 2.75) is 70.3 Å². The summed E-state index contributed by atoms with van der Waals surface area (Å²) < 4.78 is 10.8. The summed E-state index contributed by atoms with van der Waals surface area (Å²) in [5.41, 5.74) is -0.0420. The minimum Gasteiger partial charge on any atom is -0.497 e. The van der Waals surface area contributed by atoms with Crippen LogP contribution in [0.1, 0.15) is 59.8 Å². The summed E-state index contributed by atoms with van der Waals surface area (Å²) in [4.78, 5) is 1.14. The number of ether oxygens (including phenoxy) is 2. The van der Waals surface area contributed by atoms with Crippen molar-refractivity contribution in [3.05, 3.63) is 18.2 Å². The van der Waals surface area contributed by atoms with Crippen LogP contribution in [0.15, 0.2) is 23.1 Å². The van der Waals surface area contributed by atoms with Crippen LogP contribution in [0.4, 0.5) is 0 Å². The second-order valence-corrected chi connectivity index (χ2v) is 10.8. The molecule has 1 aromatic rings. The van der Waals surface area contributed by atoms with E-state index in [0.29, 0.717) is 11.3 Å². The van der Waals surface area contributed by atoms with Gasteiger partial charge in [-0.05, 0) is 61.5 Å². The van der Waals surface area contributed by atoms with Crippen molar-refractivity contribution in [3.8, 4) is 11.5 Å². The molecule has 152 valence electrons. The number of hydrogen-bond acceptors (Lipinski definition) is 4. The van der Waals surface area contributed by atoms with Crippen molar-refractivity contribution in [1.82, 2.24) is 0 Å². The molecule has 0 saturated heterocycles. The van der Waals surface area contributed by atoms with Crippen LogP contribution in [0.3, 0.4) is 0 Å². The minimum atomic E-state index is -0.603. The maximum Gasteiger partial charge on any atom is 0.123 e. The van der Waals surface area contributed by atoms with Crippen molar-refractivity contribution in [2.75, 3.05) is 20.0 Å². The maximum atomic E-state index is 11.3. The first-order valence-electron chi connectivity index (χ1n) is 10.2. The van der Waals surface area contributed by atoms with Gasteiger partial charge < -0.3 is 14.6 Å². The summed E-state index contributed by atoms with van der Waals surface area (Å²) in [5.74, 6) is 3.52. The van der Waals surface area contributed by atoms with Gasteiger partial charge in [0.25, 0.3) is 0 Å². The number of methoxy groups -OCH3 is 2. The third-order valence-corrected chi connectivity index (χ3v) is 8.57. The van der Waals surface area contributed by atoms with Crippen molar-refractivity contribution >= 4 is 11.8 Å². The Labute approximate surface area is 169 Å². The molecule has 4 atom stereocenters. The van der Waals surface area contributed by atoms with Crippen LogP contribution in [0, 0.1) is 22.7 Å². The standard InChI is InChI=1S/C23H36O3S/c1-21(2)9-7-10-22(3)19(21)8-11-23(4,24)20(22)15-27-18-13-16(25-5)12-17(14-18)26-6/h12-14,19-20,24H,7-11,15H2,1-6H3/t19?,20?,22-,23+/m0/s1. The number of thioether (sulfide) groups is 1. The molecule has 4 heteroatoms. The van der Waals surface area contributed by atoms with Gasteiger partial charge in [0.15, 0.2) is 0 Å². The van der Waals surface area contributed by atoms with Gasteiger partial charge in [-0.3, -0.25) is 0 Å². The van der Waals surface area contributed by atoms with E-state index >= 15 is 0 Å². The van der Waals surface area contributed by atoms with E-state index in [2.05, 4.69) is 39.8 Å². The molecule has 27 heavy (non-hydrogen) atoms. The van der Waals surface area contributed by atoms with Gasteiger partial charge >= 0.3 is 0 Å². The van der Waals surface area contributed by atoms with Gasteiger partial charge in [-0.2, -0.15) is 0 Å². The zero-order valence-corrected chi connectivity index (χ0v) is 18.6. The molecule has 2 fully saturated rings. The molecule has 2 aliphatic carbocycles. The van der Waals surface area contributed by atoms with E-state index in [1.165, 1.54) is 19.3 Å². The summed E-state index contributed by atoms with van der Waals surface area (Å²) >= 11 is 1.82. The molecule has 2 aliphatic rings. The van der Waals surface area contributed by atoms with E-state index in [1.54, 1.807) is 14.2 Å². The van der Waals surface area contributed by atoms with Gasteiger partial charge in [-0.1, -0.05) is 27.2 Å². The second-order valence-electron chi connectivity index (χ2n) is 9.71. The molecule has 0 bridgehead atoms. The fourth-order valence-corrected chi connectivity index (χ4v) is 7.54. The van der Waals surface area contributed by atoms with Crippen LogP contribution in [-0.4, -0.2) is 30.7 Å². The summed E-state index contributed by atoms with van der Waals surface area (Å²) in [6.45, 7) is 9.38. The Morgan fingerprint density at radius 3 is 2.22 bits per heavy atom. The quantitative estimate of drug-likeness (QED) is 0.644. The van der Waals surface area contributed by atoms with Gasteiger partial charge in [0.05, 0.1) is 19.8 Å². The highest BCUT2D eigenvalue weighted by Crippen LogP contribution is 2.62. The Morgan fingerprint density at radius 2 is 1.63 bits per heavy atom. The Morgan fingerprint density at radius 1 is 1.00 bits per heavy atom. The van der Waals surface area contributed by atoms with Crippen LogP contribution in [-0.2, 0) is 0 Å². The lowest BCUT2D eigenvalue weighted by atomic mass is 9.46. The third kappa shape index (κ3) is 3.98. The monoisotopic (exact) mass is 392 g/mol. The zero-order chi connectivity index (χ0) is 19.9. The van der Waals surface area contributed by atoms with Crippen LogP contribution in [0.25, 0.3) is 0 Å². The Hall–Kier alpha value is -0.870. The summed E-state index contributed by atoms with van der Waals surface area (Å²) in [5, 5.41) is 11.3. The molecule has 0 aliphatic heterocycles. The predicted octanol–water partition coefficient (Wildman–Crippen LogP) is 5.79. The van der Waals surface area contributed by atoms with E-state index in [4.69, 9.17) is 9.47 Å². The first kappa shape index (κ1) is 20.9. The molecular weight excluding hydrogens is 356 g/mol. The van der Waals surface area contributed by atoms with E-state index in [-0.39, 0.29) is 11.3 Å². The molecule has 0 heterocycles. The van der Waals surface area contributed by atoms with Crippen LogP contribution in [0.2, 0.25) is 0 Å². The third-order valence-electron chi connectivity index (χ3n) is 7.50. The Kier molecular flexibility index (Phi) is 5.80. The molecule has 3 nitrogen and oxygen atoms in total. The minimum absolute atomic E-state index is 0.194. The highest BCUT2D eigenvalue weighted by Gasteiger charge is 2.57. The molecule has 3 rings (SSSR count). The fraction of sp³-hybridized carbons (Fsp3) is 0.739. The average Bonchev–Trinajstić information content (AvgIpc) is 2.59. The lowest BCUT2D eigenvalue weighted by Gasteiger charge is -2.61. The van der Waals surface area contributed by atoms with Crippen LogP contribution in [0.5, 0.6) is 11.5 Å². The van der Waals surface area contributed by atoms with Gasteiger partial charge in [0.2, 0.25) is 0 Å². The van der Waals surface area contributed by atoms with E-state index in [0.717, 1.165) is 35.0 Å². The normalized spacial score (nSPS) is 35.4. The smallest absolute Gasteiger partial charge is 0.123 e. The molecule has 2 unspecified atom stereocenters. The van der Waals surface area contributed by atoms with E-state index in [9.17, 15) is 5.11 Å². The molecule has 0 spiro atoms. The molecule has 0 aromatic heterocycles. The fourth-order valence-electron chi connectivity index (χ4n) is 6.04. The zero-order valence-electron chi connectivity index (χ0n) is 17.8. The first-order chi connectivity index (χ1) is 12.6. The molecule has 0 radical (unpaired) electrons. The molecule has 1 N–H and O–H groups in total. The summed E-state index contributed by atoms with van der Waals surface area (Å²) in [6.07, 6.45) is 5.85. The molecule has 1 aromatic carbocycles. The van der Waals surface area contributed by atoms with Crippen LogP contribution >= 0.6 is 11.8 Å². The largest absolute Gasteiger partial charge is 0.497 e. The maximum absolute atomic E-state index is 11.3. The number of benzene rings is 1. The number of fused-ring (bicyclic) bond motifs is 1. The van der Waals surface area contributed by atoms with Gasteiger partial charge in [-0.15, -0.1) is 11.8 Å². The van der Waals surface area contributed by atoms with Gasteiger partial charge in [-0.25, -0.2) is 0 Å². The van der Waals surface area contributed by atoms with Crippen molar-refractivity contribution in [1.29, 1.82) is 0 Å². The second kappa shape index (κ2) is 7.51. The van der Waals surface area contributed by atoms with Crippen molar-refractivity contribution in [3.63, 3.8) is 0 Å². The highest BCUT2D eigenvalue weighted by molar-refractivity contribution is 7.99. The highest BCUT2D eigenvalue weighted by atomic mass is 32.2. The van der Waals surface area contributed by atoms with Crippen molar-refractivity contribution < 1.29 is 14.6 Å². The molecule has 0 amide bonds. The SMILES string of the molecule is COc1cc(OC)cc(SCC2[C@@]3(C)CCCC(C)(C)C3CC[C@@]2(C)O)c1. The predicted molar refractivity (Wildman–Crippen MR) is 113 cm³/mol. The Bertz CT molecular complexity index is 647. The number of rotatable bonds is 5. The topological polar surface area (TPSA) is 38.7 Å². The average molecular weight is 393 g/mol. The lowest BCUT2D eigenvalue weighted by Crippen LogP contribution is -2.58. The summed E-state index contributed by atoms with van der Waals surface area (Å²) in [7, 11) is 3.37.